The number of aliphatic hydroxyl groups excluding tert-OH is 2. The van der Waals surface area contributed by atoms with Crippen LogP contribution < -0.4 is 0 Å². The Morgan fingerprint density at radius 1 is 1.33 bits per heavy atom. The maximum atomic E-state index is 10.9. The fraction of sp³-hybridized carbons (Fsp3) is 0.800. The Labute approximate surface area is 144 Å². The van der Waals surface area contributed by atoms with Crippen molar-refractivity contribution < 1.29 is 20.1 Å². The lowest BCUT2D eigenvalue weighted by atomic mass is 9.67. The Hall–Kier alpha value is -0.680. The molecule has 1 aliphatic heterocycles. The zero-order valence-corrected chi connectivity index (χ0v) is 15.0. The van der Waals surface area contributed by atoms with E-state index >= 15 is 0 Å². The van der Waals surface area contributed by atoms with Crippen molar-refractivity contribution in [3.05, 3.63) is 22.3 Å². The first-order chi connectivity index (χ1) is 11.3. The molecule has 1 heterocycles. The lowest BCUT2D eigenvalue weighted by Gasteiger charge is -2.37. The molecule has 4 rings (SSSR count). The first kappa shape index (κ1) is 16.8. The summed E-state index contributed by atoms with van der Waals surface area (Å²) in [6.45, 7) is 7.15. The molecule has 1 saturated carbocycles. The van der Waals surface area contributed by atoms with Gasteiger partial charge in [-0.2, -0.15) is 0 Å². The lowest BCUT2D eigenvalue weighted by molar-refractivity contribution is -0.227. The number of hydrogen-bond acceptors (Lipinski definition) is 4. The van der Waals surface area contributed by atoms with Gasteiger partial charge in [0.25, 0.3) is 0 Å². The van der Waals surface area contributed by atoms with Crippen molar-refractivity contribution in [1.29, 1.82) is 0 Å². The number of allylic oxidation sites excluding steroid dienone is 1. The lowest BCUT2D eigenvalue weighted by Crippen LogP contribution is -2.44. The molecule has 4 heteroatoms. The average Bonchev–Trinajstić information content (AvgIpc) is 3.10. The third-order valence-corrected chi connectivity index (χ3v) is 7.41. The molecule has 4 nitrogen and oxygen atoms in total. The van der Waals surface area contributed by atoms with E-state index in [2.05, 4.69) is 13.8 Å². The van der Waals surface area contributed by atoms with E-state index in [1.165, 1.54) is 16.7 Å². The Kier molecular flexibility index (Phi) is 3.78. The number of hydrogen-bond donors (Lipinski definition) is 3. The number of rotatable bonds is 2. The Balaban J connectivity index is 1.78. The molecule has 0 amide bonds. The first-order valence-corrected chi connectivity index (χ1v) is 9.39. The van der Waals surface area contributed by atoms with E-state index in [9.17, 15) is 15.3 Å². The third-order valence-electron chi connectivity index (χ3n) is 7.41. The molecule has 0 radical (unpaired) electrons. The van der Waals surface area contributed by atoms with Gasteiger partial charge in [-0.15, -0.1) is 0 Å². The highest BCUT2D eigenvalue weighted by atomic mass is 16.6. The fourth-order valence-electron chi connectivity index (χ4n) is 5.94. The van der Waals surface area contributed by atoms with E-state index in [1.807, 2.05) is 6.92 Å². The summed E-state index contributed by atoms with van der Waals surface area (Å²) in [6.07, 6.45) is 4.19. The van der Waals surface area contributed by atoms with Gasteiger partial charge in [-0.25, -0.2) is 0 Å². The molecule has 6 unspecified atom stereocenters. The molecule has 0 aromatic heterocycles. The molecule has 134 valence electrons. The second-order valence-electron chi connectivity index (χ2n) is 8.77. The Morgan fingerprint density at radius 2 is 2.08 bits per heavy atom. The second kappa shape index (κ2) is 5.41. The summed E-state index contributed by atoms with van der Waals surface area (Å²) in [5, 5.41) is 31.2. The van der Waals surface area contributed by atoms with Gasteiger partial charge in [0.15, 0.2) is 0 Å². The van der Waals surface area contributed by atoms with Crippen molar-refractivity contribution in [2.24, 2.45) is 23.2 Å². The first-order valence-electron chi connectivity index (χ1n) is 9.39. The van der Waals surface area contributed by atoms with E-state index in [1.54, 1.807) is 0 Å². The minimum absolute atomic E-state index is 0.0507. The van der Waals surface area contributed by atoms with E-state index in [4.69, 9.17) is 4.74 Å². The van der Waals surface area contributed by atoms with Gasteiger partial charge in [0, 0.05) is 18.4 Å². The predicted molar refractivity (Wildman–Crippen MR) is 91.1 cm³/mol. The van der Waals surface area contributed by atoms with Gasteiger partial charge in [0.05, 0.1) is 6.61 Å². The van der Waals surface area contributed by atoms with Crippen molar-refractivity contribution in [3.8, 4) is 0 Å². The predicted octanol–water partition coefficient (Wildman–Crippen LogP) is 2.54. The van der Waals surface area contributed by atoms with Gasteiger partial charge in [0.2, 0.25) is 5.79 Å². The van der Waals surface area contributed by atoms with Crippen molar-refractivity contribution in [2.75, 3.05) is 13.2 Å². The molecular weight excluding hydrogens is 304 g/mol. The molecule has 6 atom stereocenters. The van der Waals surface area contributed by atoms with E-state index in [-0.39, 0.29) is 29.8 Å². The molecule has 3 aliphatic carbocycles. The van der Waals surface area contributed by atoms with Crippen LogP contribution >= 0.6 is 0 Å². The molecule has 0 aromatic carbocycles. The van der Waals surface area contributed by atoms with Crippen molar-refractivity contribution >= 4 is 0 Å². The van der Waals surface area contributed by atoms with Gasteiger partial charge in [-0.1, -0.05) is 30.6 Å². The van der Waals surface area contributed by atoms with Crippen LogP contribution in [0.15, 0.2) is 22.3 Å². The van der Waals surface area contributed by atoms with Gasteiger partial charge < -0.3 is 20.1 Å². The molecule has 0 spiro atoms. The summed E-state index contributed by atoms with van der Waals surface area (Å²) in [5.41, 5.74) is 5.21. The van der Waals surface area contributed by atoms with Crippen LogP contribution in [0.4, 0.5) is 0 Å². The Morgan fingerprint density at radius 3 is 2.79 bits per heavy atom. The second-order valence-corrected chi connectivity index (χ2v) is 8.77. The molecule has 2 fully saturated rings. The normalized spacial score (nSPS) is 46.0. The Bertz CT molecular complexity index is 621. The maximum absolute atomic E-state index is 10.9. The molecular formula is C20H30O4. The highest BCUT2D eigenvalue weighted by Gasteiger charge is 2.61. The van der Waals surface area contributed by atoms with E-state index < -0.39 is 11.9 Å². The zero-order valence-electron chi connectivity index (χ0n) is 15.0. The minimum atomic E-state index is -1.40. The van der Waals surface area contributed by atoms with Crippen LogP contribution in [0, 0.1) is 23.2 Å². The van der Waals surface area contributed by atoms with Crippen molar-refractivity contribution in [3.63, 3.8) is 0 Å². The monoisotopic (exact) mass is 334 g/mol. The van der Waals surface area contributed by atoms with Gasteiger partial charge in [-0.05, 0) is 55.9 Å². The van der Waals surface area contributed by atoms with Crippen LogP contribution in [0.1, 0.15) is 52.9 Å². The van der Waals surface area contributed by atoms with Gasteiger partial charge in [0.1, 0.15) is 6.10 Å². The SMILES string of the molecule is CC1=C2CC3(C)CCC(C(C)CO)=C3CCC3COC(O)(C1O)C23. The van der Waals surface area contributed by atoms with Crippen LogP contribution in [0.3, 0.4) is 0 Å². The van der Waals surface area contributed by atoms with Gasteiger partial charge >= 0.3 is 0 Å². The molecule has 0 aromatic rings. The summed E-state index contributed by atoms with van der Waals surface area (Å²) in [5.74, 6) is -0.940. The van der Waals surface area contributed by atoms with Crippen LogP contribution in [-0.2, 0) is 4.74 Å². The van der Waals surface area contributed by atoms with Crippen LogP contribution in [-0.4, -0.2) is 40.4 Å². The zero-order chi connectivity index (χ0) is 17.3. The summed E-state index contributed by atoms with van der Waals surface area (Å²) in [7, 11) is 0. The number of fused-ring (bicyclic) bond motifs is 1. The molecule has 4 aliphatic rings. The van der Waals surface area contributed by atoms with Crippen LogP contribution in [0.2, 0.25) is 0 Å². The standard InChI is InChI=1S/C20H30O4/c1-11(9-21)14-6-7-19(3)8-15-12(2)18(22)20(23)17(15)13(10-24-20)4-5-16(14)19/h11,13,17-18,21-23H,4-10H2,1-3H3. The molecule has 0 bridgehead atoms. The summed E-state index contributed by atoms with van der Waals surface area (Å²) in [4.78, 5) is 0. The largest absolute Gasteiger partial charge is 0.396 e. The topological polar surface area (TPSA) is 69.9 Å². The molecule has 3 N–H and O–H groups in total. The van der Waals surface area contributed by atoms with Crippen LogP contribution in [0.5, 0.6) is 0 Å². The quantitative estimate of drug-likeness (QED) is 0.679. The smallest absolute Gasteiger partial charge is 0.203 e. The summed E-state index contributed by atoms with van der Waals surface area (Å²) in [6, 6.07) is 0. The fourth-order valence-corrected chi connectivity index (χ4v) is 5.94. The number of ether oxygens (including phenoxy) is 1. The van der Waals surface area contributed by atoms with Crippen molar-refractivity contribution in [1.82, 2.24) is 0 Å². The molecule has 24 heavy (non-hydrogen) atoms. The maximum Gasteiger partial charge on any atom is 0.203 e. The highest BCUT2D eigenvalue weighted by molar-refractivity contribution is 5.40. The summed E-state index contributed by atoms with van der Waals surface area (Å²) < 4.78 is 5.73. The van der Waals surface area contributed by atoms with E-state index in [0.717, 1.165) is 37.7 Å². The minimum Gasteiger partial charge on any atom is -0.396 e. The van der Waals surface area contributed by atoms with Crippen molar-refractivity contribution in [2.45, 2.75) is 64.8 Å². The van der Waals surface area contributed by atoms with E-state index in [0.29, 0.717) is 6.61 Å². The molecule has 1 saturated heterocycles. The van der Waals surface area contributed by atoms with Gasteiger partial charge in [-0.3, -0.25) is 0 Å². The van der Waals surface area contributed by atoms with Crippen LogP contribution in [0.25, 0.3) is 0 Å². The number of aliphatic hydroxyl groups is 3. The summed E-state index contributed by atoms with van der Waals surface area (Å²) >= 11 is 0. The highest BCUT2D eigenvalue weighted by Crippen LogP contribution is 2.60. The average molecular weight is 334 g/mol. The third kappa shape index (κ3) is 2.06.